The largest absolute Gasteiger partial charge is 0.326 e. The quantitative estimate of drug-likeness (QED) is 0.907. The summed E-state index contributed by atoms with van der Waals surface area (Å²) < 4.78 is 26.2. The highest BCUT2D eigenvalue weighted by Gasteiger charge is 2.09. The van der Waals surface area contributed by atoms with Gasteiger partial charge in [0, 0.05) is 11.8 Å². The van der Waals surface area contributed by atoms with Gasteiger partial charge in [0.15, 0.2) is 0 Å². The first-order valence-corrected chi connectivity index (χ1v) is 6.26. The van der Waals surface area contributed by atoms with Crippen LogP contribution in [0.5, 0.6) is 0 Å². The van der Waals surface area contributed by atoms with Crippen LogP contribution in [-0.4, -0.2) is 5.91 Å². The van der Waals surface area contributed by atoms with E-state index in [1.165, 1.54) is 6.07 Å². The van der Waals surface area contributed by atoms with Gasteiger partial charge in [0.1, 0.15) is 11.6 Å². The number of rotatable bonds is 3. The lowest BCUT2D eigenvalue weighted by Crippen LogP contribution is -2.15. The third-order valence-corrected chi connectivity index (χ3v) is 2.87. The summed E-state index contributed by atoms with van der Waals surface area (Å²) in [6, 6.07) is 8.88. The average molecular weight is 275 g/mol. The molecule has 0 atom stereocenters. The van der Waals surface area contributed by atoms with Gasteiger partial charge < -0.3 is 5.32 Å². The molecule has 20 heavy (non-hydrogen) atoms. The lowest BCUT2D eigenvalue weighted by molar-refractivity contribution is -0.115. The number of carbonyl (C=O) groups is 1. The third kappa shape index (κ3) is 3.63. The monoisotopic (exact) mass is 275 g/mol. The smallest absolute Gasteiger partial charge is 0.228 e. The van der Waals surface area contributed by atoms with E-state index in [2.05, 4.69) is 5.32 Å². The molecule has 4 heteroatoms. The van der Waals surface area contributed by atoms with Crippen LogP contribution in [0.4, 0.5) is 14.5 Å². The Bertz CT molecular complexity index is 633. The van der Waals surface area contributed by atoms with Crippen LogP contribution in [0, 0.1) is 25.5 Å². The molecule has 0 aliphatic heterocycles. The van der Waals surface area contributed by atoms with E-state index in [0.29, 0.717) is 5.69 Å². The lowest BCUT2D eigenvalue weighted by atomic mass is 10.1. The lowest BCUT2D eigenvalue weighted by Gasteiger charge is -2.08. The van der Waals surface area contributed by atoms with Gasteiger partial charge in [-0.15, -0.1) is 0 Å². The second kappa shape index (κ2) is 5.82. The second-order valence-corrected chi connectivity index (χ2v) is 4.84. The molecule has 0 aromatic heterocycles. The molecule has 1 N–H and O–H groups in total. The normalized spacial score (nSPS) is 10.4. The second-order valence-electron chi connectivity index (χ2n) is 4.84. The zero-order valence-electron chi connectivity index (χ0n) is 11.3. The molecule has 0 aliphatic carbocycles. The number of carbonyl (C=O) groups excluding carboxylic acids is 1. The molecule has 0 bridgehead atoms. The summed E-state index contributed by atoms with van der Waals surface area (Å²) in [6.45, 7) is 3.87. The molecule has 0 heterocycles. The van der Waals surface area contributed by atoms with Crippen LogP contribution in [0.2, 0.25) is 0 Å². The van der Waals surface area contributed by atoms with Gasteiger partial charge in [-0.05, 0) is 48.7 Å². The van der Waals surface area contributed by atoms with Crippen LogP contribution in [0.15, 0.2) is 36.4 Å². The fraction of sp³-hybridized carbons (Fsp3) is 0.188. The van der Waals surface area contributed by atoms with Crippen molar-refractivity contribution in [1.29, 1.82) is 0 Å². The first kappa shape index (κ1) is 14.2. The molecule has 2 rings (SSSR count). The Hall–Kier alpha value is -2.23. The molecule has 104 valence electrons. The van der Waals surface area contributed by atoms with Gasteiger partial charge >= 0.3 is 0 Å². The van der Waals surface area contributed by atoms with Crippen LogP contribution in [0.25, 0.3) is 0 Å². The van der Waals surface area contributed by atoms with Crippen molar-refractivity contribution in [1.82, 2.24) is 0 Å². The minimum absolute atomic E-state index is 0.126. The number of hydrogen-bond acceptors (Lipinski definition) is 1. The van der Waals surface area contributed by atoms with Gasteiger partial charge in [-0.2, -0.15) is 0 Å². The molecule has 0 saturated carbocycles. The predicted molar refractivity (Wildman–Crippen MR) is 74.6 cm³/mol. The van der Waals surface area contributed by atoms with E-state index in [9.17, 15) is 13.6 Å². The first-order valence-electron chi connectivity index (χ1n) is 6.26. The van der Waals surface area contributed by atoms with Gasteiger partial charge in [-0.3, -0.25) is 4.79 Å². The van der Waals surface area contributed by atoms with Crippen molar-refractivity contribution in [3.05, 3.63) is 64.7 Å². The van der Waals surface area contributed by atoms with Crippen molar-refractivity contribution in [2.24, 2.45) is 0 Å². The zero-order chi connectivity index (χ0) is 14.7. The summed E-state index contributed by atoms with van der Waals surface area (Å²) >= 11 is 0. The van der Waals surface area contributed by atoms with E-state index in [0.717, 1.165) is 23.3 Å². The number of halogens is 2. The fourth-order valence-electron chi connectivity index (χ4n) is 2.09. The van der Waals surface area contributed by atoms with E-state index >= 15 is 0 Å². The molecular formula is C16H15F2NO. The van der Waals surface area contributed by atoms with Crippen LogP contribution >= 0.6 is 0 Å². The number of hydrogen-bond donors (Lipinski definition) is 1. The highest BCUT2D eigenvalue weighted by atomic mass is 19.1. The van der Waals surface area contributed by atoms with Crippen molar-refractivity contribution >= 4 is 11.6 Å². The summed E-state index contributed by atoms with van der Waals surface area (Å²) in [5.41, 5.74) is 2.92. The van der Waals surface area contributed by atoms with Gasteiger partial charge in [0.25, 0.3) is 0 Å². The fourth-order valence-corrected chi connectivity index (χ4v) is 2.09. The van der Waals surface area contributed by atoms with Gasteiger partial charge in [0.05, 0.1) is 6.42 Å². The third-order valence-electron chi connectivity index (χ3n) is 2.87. The SMILES string of the molecule is Cc1cc(C)cc(NC(=O)Cc2ccc(F)cc2F)c1. The minimum atomic E-state index is -0.708. The van der Waals surface area contributed by atoms with E-state index in [-0.39, 0.29) is 17.9 Å². The van der Waals surface area contributed by atoms with E-state index in [1.54, 1.807) is 0 Å². The summed E-state index contributed by atoms with van der Waals surface area (Å²) in [5, 5.41) is 2.71. The average Bonchev–Trinajstić information content (AvgIpc) is 2.31. The van der Waals surface area contributed by atoms with Crippen LogP contribution < -0.4 is 5.32 Å². The van der Waals surface area contributed by atoms with Crippen LogP contribution in [-0.2, 0) is 11.2 Å². The van der Waals surface area contributed by atoms with E-state index < -0.39 is 11.6 Å². The Morgan fingerprint density at radius 3 is 2.30 bits per heavy atom. The number of nitrogens with one attached hydrogen (secondary N) is 1. The maximum atomic E-state index is 13.5. The summed E-state index contributed by atoms with van der Waals surface area (Å²) in [4.78, 5) is 11.9. The standard InChI is InChI=1S/C16H15F2NO/c1-10-5-11(2)7-14(6-10)19-16(20)8-12-3-4-13(17)9-15(12)18/h3-7,9H,8H2,1-2H3,(H,19,20). The molecule has 2 aromatic rings. The van der Waals surface area contributed by atoms with Crippen LogP contribution in [0.3, 0.4) is 0 Å². The minimum Gasteiger partial charge on any atom is -0.326 e. The van der Waals surface area contributed by atoms with Crippen molar-refractivity contribution in [3.63, 3.8) is 0 Å². The molecular weight excluding hydrogens is 260 g/mol. The Morgan fingerprint density at radius 1 is 1.05 bits per heavy atom. The molecule has 0 unspecified atom stereocenters. The molecule has 0 spiro atoms. The molecule has 0 saturated heterocycles. The molecule has 1 amide bonds. The Kier molecular flexibility index (Phi) is 4.13. The van der Waals surface area contributed by atoms with E-state index in [1.807, 2.05) is 32.0 Å². The maximum absolute atomic E-state index is 13.5. The van der Waals surface area contributed by atoms with Crippen molar-refractivity contribution < 1.29 is 13.6 Å². The van der Waals surface area contributed by atoms with Gasteiger partial charge in [0.2, 0.25) is 5.91 Å². The molecule has 2 nitrogen and oxygen atoms in total. The van der Waals surface area contributed by atoms with Crippen molar-refractivity contribution in [2.75, 3.05) is 5.32 Å². The van der Waals surface area contributed by atoms with E-state index in [4.69, 9.17) is 0 Å². The number of benzene rings is 2. The first-order chi connectivity index (χ1) is 9.44. The number of aryl methyl sites for hydroxylation is 2. The van der Waals surface area contributed by atoms with Crippen LogP contribution in [0.1, 0.15) is 16.7 Å². The molecule has 0 fully saturated rings. The van der Waals surface area contributed by atoms with Crippen molar-refractivity contribution in [2.45, 2.75) is 20.3 Å². The molecule has 0 radical (unpaired) electrons. The summed E-state index contributed by atoms with van der Waals surface area (Å²) in [7, 11) is 0. The summed E-state index contributed by atoms with van der Waals surface area (Å²) in [5.74, 6) is -1.69. The van der Waals surface area contributed by atoms with Gasteiger partial charge in [-0.25, -0.2) is 8.78 Å². The molecule has 0 aliphatic rings. The highest BCUT2D eigenvalue weighted by Crippen LogP contribution is 2.15. The Labute approximate surface area is 116 Å². The Balaban J connectivity index is 2.09. The number of anilines is 1. The van der Waals surface area contributed by atoms with Crippen molar-refractivity contribution in [3.8, 4) is 0 Å². The zero-order valence-corrected chi connectivity index (χ0v) is 11.3. The number of amides is 1. The summed E-state index contributed by atoms with van der Waals surface area (Å²) in [6.07, 6.45) is -0.126. The maximum Gasteiger partial charge on any atom is 0.228 e. The topological polar surface area (TPSA) is 29.1 Å². The highest BCUT2D eigenvalue weighted by molar-refractivity contribution is 5.92. The Morgan fingerprint density at radius 2 is 1.70 bits per heavy atom. The van der Waals surface area contributed by atoms with Gasteiger partial charge in [-0.1, -0.05) is 12.1 Å². The molecule has 2 aromatic carbocycles. The predicted octanol–water partition coefficient (Wildman–Crippen LogP) is 3.76.